The molecule has 0 radical (unpaired) electrons. The van der Waals surface area contributed by atoms with E-state index >= 15 is 0 Å². The zero-order valence-corrected chi connectivity index (χ0v) is 12.6. The van der Waals surface area contributed by atoms with Crippen molar-refractivity contribution in [2.45, 2.75) is 33.6 Å². The first kappa shape index (κ1) is 14.3. The van der Waals surface area contributed by atoms with E-state index in [1.54, 1.807) is 0 Å². The van der Waals surface area contributed by atoms with Gasteiger partial charge < -0.3 is 10.6 Å². The van der Waals surface area contributed by atoms with Crippen LogP contribution in [-0.2, 0) is 6.42 Å². The zero-order valence-electron chi connectivity index (χ0n) is 12.6. The molecule has 1 aromatic carbocycles. The van der Waals surface area contributed by atoms with Crippen LogP contribution in [0.2, 0.25) is 0 Å². The SMILES string of the molecule is CCCc1nc(NC)c(C)c(Nc2ccc(C)cc2)n1. The maximum Gasteiger partial charge on any atom is 0.139 e. The van der Waals surface area contributed by atoms with Crippen LogP contribution >= 0.6 is 0 Å². The molecule has 4 nitrogen and oxygen atoms in total. The first-order valence-corrected chi connectivity index (χ1v) is 7.03. The predicted octanol–water partition coefficient (Wildman–Crippen LogP) is 3.83. The van der Waals surface area contributed by atoms with Crippen LogP contribution in [0.4, 0.5) is 17.3 Å². The number of hydrogen-bond donors (Lipinski definition) is 2. The van der Waals surface area contributed by atoms with Crippen LogP contribution in [0.1, 0.15) is 30.3 Å². The van der Waals surface area contributed by atoms with Crippen LogP contribution in [0.5, 0.6) is 0 Å². The second-order valence-electron chi connectivity index (χ2n) is 4.95. The van der Waals surface area contributed by atoms with Crippen molar-refractivity contribution in [1.82, 2.24) is 9.97 Å². The van der Waals surface area contributed by atoms with E-state index in [1.165, 1.54) is 5.56 Å². The summed E-state index contributed by atoms with van der Waals surface area (Å²) in [5, 5.41) is 6.52. The van der Waals surface area contributed by atoms with E-state index in [4.69, 9.17) is 0 Å². The molecular formula is C16H22N4. The van der Waals surface area contributed by atoms with Gasteiger partial charge in [-0.2, -0.15) is 0 Å². The van der Waals surface area contributed by atoms with Gasteiger partial charge in [0.1, 0.15) is 17.5 Å². The summed E-state index contributed by atoms with van der Waals surface area (Å²) in [4.78, 5) is 9.16. The van der Waals surface area contributed by atoms with Crippen LogP contribution in [0.15, 0.2) is 24.3 Å². The number of aromatic nitrogens is 2. The lowest BCUT2D eigenvalue weighted by molar-refractivity contribution is 0.835. The van der Waals surface area contributed by atoms with E-state index in [-0.39, 0.29) is 0 Å². The minimum Gasteiger partial charge on any atom is -0.373 e. The van der Waals surface area contributed by atoms with Gasteiger partial charge in [-0.15, -0.1) is 0 Å². The Morgan fingerprint density at radius 1 is 1.00 bits per heavy atom. The van der Waals surface area contributed by atoms with Gasteiger partial charge in [0.15, 0.2) is 0 Å². The standard InChI is InChI=1S/C16H22N4/c1-5-6-14-19-15(17-4)12(3)16(20-14)18-13-9-7-11(2)8-10-13/h7-10H,5-6H2,1-4H3,(H2,17,18,19,20). The third-order valence-electron chi connectivity index (χ3n) is 3.22. The Hall–Kier alpha value is -2.10. The Balaban J connectivity index is 2.33. The highest BCUT2D eigenvalue weighted by molar-refractivity contribution is 5.64. The molecule has 20 heavy (non-hydrogen) atoms. The van der Waals surface area contributed by atoms with Crippen molar-refractivity contribution in [3.05, 3.63) is 41.2 Å². The molecule has 0 aliphatic heterocycles. The second kappa shape index (κ2) is 6.37. The molecule has 0 aliphatic carbocycles. The Morgan fingerprint density at radius 3 is 2.25 bits per heavy atom. The molecule has 2 N–H and O–H groups in total. The summed E-state index contributed by atoms with van der Waals surface area (Å²) in [6.07, 6.45) is 1.92. The molecule has 0 unspecified atom stereocenters. The number of benzene rings is 1. The summed E-state index contributed by atoms with van der Waals surface area (Å²) >= 11 is 0. The summed E-state index contributed by atoms with van der Waals surface area (Å²) in [7, 11) is 1.89. The van der Waals surface area contributed by atoms with Gasteiger partial charge in [-0.3, -0.25) is 0 Å². The Kier molecular flexibility index (Phi) is 4.56. The van der Waals surface area contributed by atoms with Crippen LogP contribution in [0.3, 0.4) is 0 Å². The van der Waals surface area contributed by atoms with E-state index < -0.39 is 0 Å². The quantitative estimate of drug-likeness (QED) is 0.867. The highest BCUT2D eigenvalue weighted by Gasteiger charge is 2.09. The maximum absolute atomic E-state index is 4.63. The molecule has 106 valence electrons. The molecule has 1 aromatic heterocycles. The largest absolute Gasteiger partial charge is 0.373 e. The molecule has 2 aromatic rings. The zero-order chi connectivity index (χ0) is 14.5. The number of hydrogen-bond acceptors (Lipinski definition) is 4. The second-order valence-corrected chi connectivity index (χ2v) is 4.95. The molecule has 0 spiro atoms. The fourth-order valence-electron chi connectivity index (χ4n) is 2.04. The monoisotopic (exact) mass is 270 g/mol. The first-order valence-electron chi connectivity index (χ1n) is 7.03. The van der Waals surface area contributed by atoms with Gasteiger partial charge in [0.05, 0.1) is 0 Å². The summed E-state index contributed by atoms with van der Waals surface area (Å²) in [6.45, 7) is 6.24. The number of rotatable bonds is 5. The molecule has 4 heteroatoms. The molecule has 0 atom stereocenters. The van der Waals surface area contributed by atoms with Gasteiger partial charge in [-0.1, -0.05) is 24.6 Å². The van der Waals surface area contributed by atoms with E-state index in [1.807, 2.05) is 14.0 Å². The van der Waals surface area contributed by atoms with Crippen LogP contribution < -0.4 is 10.6 Å². The molecule has 0 saturated heterocycles. The maximum atomic E-state index is 4.63. The highest BCUT2D eigenvalue weighted by Crippen LogP contribution is 2.23. The van der Waals surface area contributed by atoms with Crippen LogP contribution in [0.25, 0.3) is 0 Å². The molecular weight excluding hydrogens is 248 g/mol. The van der Waals surface area contributed by atoms with Crippen molar-refractivity contribution in [1.29, 1.82) is 0 Å². The molecule has 0 bridgehead atoms. The van der Waals surface area contributed by atoms with Crippen molar-refractivity contribution >= 4 is 17.3 Å². The Bertz CT molecular complexity index is 576. The minimum atomic E-state index is 0.872. The number of anilines is 3. The van der Waals surface area contributed by atoms with Crippen LogP contribution in [0, 0.1) is 13.8 Å². The number of nitrogens with zero attached hydrogens (tertiary/aromatic N) is 2. The number of nitrogens with one attached hydrogen (secondary N) is 2. The van der Waals surface area contributed by atoms with Gasteiger partial charge in [-0.25, -0.2) is 9.97 Å². The lowest BCUT2D eigenvalue weighted by Crippen LogP contribution is -2.07. The summed E-state index contributed by atoms with van der Waals surface area (Å²) in [6, 6.07) is 8.31. The highest BCUT2D eigenvalue weighted by atomic mass is 15.1. The van der Waals surface area contributed by atoms with Gasteiger partial charge in [0, 0.05) is 24.7 Å². The fourth-order valence-corrected chi connectivity index (χ4v) is 2.04. The van der Waals surface area contributed by atoms with E-state index in [0.717, 1.165) is 41.6 Å². The third kappa shape index (κ3) is 3.26. The van der Waals surface area contributed by atoms with Gasteiger partial charge in [-0.05, 0) is 32.4 Å². The van der Waals surface area contributed by atoms with Gasteiger partial charge >= 0.3 is 0 Å². The molecule has 0 amide bonds. The van der Waals surface area contributed by atoms with Crippen molar-refractivity contribution in [2.24, 2.45) is 0 Å². The lowest BCUT2D eigenvalue weighted by atomic mass is 10.2. The molecule has 2 rings (SSSR count). The Morgan fingerprint density at radius 2 is 1.65 bits per heavy atom. The van der Waals surface area contributed by atoms with Gasteiger partial charge in [0.25, 0.3) is 0 Å². The van der Waals surface area contributed by atoms with Crippen molar-refractivity contribution in [3.63, 3.8) is 0 Å². The number of aryl methyl sites for hydroxylation is 2. The first-order chi connectivity index (χ1) is 9.63. The molecule has 0 saturated carbocycles. The molecule has 0 aliphatic rings. The van der Waals surface area contributed by atoms with Crippen molar-refractivity contribution < 1.29 is 0 Å². The predicted molar refractivity (Wildman–Crippen MR) is 84.8 cm³/mol. The van der Waals surface area contributed by atoms with E-state index in [2.05, 4.69) is 58.7 Å². The van der Waals surface area contributed by atoms with Crippen LogP contribution in [-0.4, -0.2) is 17.0 Å². The third-order valence-corrected chi connectivity index (χ3v) is 3.22. The Labute approximate surface area is 120 Å². The topological polar surface area (TPSA) is 49.8 Å². The average Bonchev–Trinajstić information content (AvgIpc) is 2.45. The summed E-state index contributed by atoms with van der Waals surface area (Å²) < 4.78 is 0. The van der Waals surface area contributed by atoms with Gasteiger partial charge in [0.2, 0.25) is 0 Å². The fraction of sp³-hybridized carbons (Fsp3) is 0.375. The smallest absolute Gasteiger partial charge is 0.139 e. The molecule has 1 heterocycles. The van der Waals surface area contributed by atoms with Crippen molar-refractivity contribution in [2.75, 3.05) is 17.7 Å². The van der Waals surface area contributed by atoms with Crippen molar-refractivity contribution in [3.8, 4) is 0 Å². The van der Waals surface area contributed by atoms with E-state index in [9.17, 15) is 0 Å². The van der Waals surface area contributed by atoms with E-state index in [0.29, 0.717) is 0 Å². The summed E-state index contributed by atoms with van der Waals surface area (Å²) in [5.41, 5.74) is 3.33. The average molecular weight is 270 g/mol. The molecule has 0 fully saturated rings. The lowest BCUT2D eigenvalue weighted by Gasteiger charge is -2.13. The normalized spacial score (nSPS) is 10.4. The summed E-state index contributed by atoms with van der Waals surface area (Å²) in [5.74, 6) is 2.63. The minimum absolute atomic E-state index is 0.872.